The van der Waals surface area contributed by atoms with Crippen LogP contribution in [0.4, 0.5) is 0 Å². The Morgan fingerprint density at radius 2 is 1.92 bits per heavy atom. The summed E-state index contributed by atoms with van der Waals surface area (Å²) in [6, 6.07) is 0.340. The average Bonchev–Trinajstić information content (AvgIpc) is 2.14. The molecule has 0 amide bonds. The zero-order valence-corrected chi connectivity index (χ0v) is 8.47. The van der Waals surface area contributed by atoms with E-state index in [-0.39, 0.29) is 5.41 Å². The van der Waals surface area contributed by atoms with Gasteiger partial charge in [0, 0.05) is 18.5 Å². The lowest BCUT2D eigenvalue weighted by Crippen LogP contribution is -2.59. The van der Waals surface area contributed by atoms with E-state index in [4.69, 9.17) is 5.21 Å². The van der Waals surface area contributed by atoms with Gasteiger partial charge in [-0.1, -0.05) is 13.8 Å². The summed E-state index contributed by atoms with van der Waals surface area (Å²) in [6.07, 6.45) is 0. The largest absolute Gasteiger partial charge is 0.315 e. The van der Waals surface area contributed by atoms with Crippen molar-refractivity contribution in [1.29, 1.82) is 0 Å². The molecule has 3 N–H and O–H groups in total. The molecule has 4 nitrogen and oxygen atoms in total. The highest BCUT2D eigenvalue weighted by molar-refractivity contribution is 5.03. The number of hydrazine groups is 1. The van der Waals surface area contributed by atoms with Gasteiger partial charge in [0.2, 0.25) is 0 Å². The van der Waals surface area contributed by atoms with E-state index in [0.717, 1.165) is 0 Å². The lowest BCUT2D eigenvalue weighted by atomic mass is 9.76. The van der Waals surface area contributed by atoms with E-state index in [1.807, 2.05) is 19.0 Å². The van der Waals surface area contributed by atoms with Crippen LogP contribution in [0.25, 0.3) is 0 Å². The van der Waals surface area contributed by atoms with E-state index in [9.17, 15) is 0 Å². The van der Waals surface area contributed by atoms with Crippen molar-refractivity contribution in [3.63, 3.8) is 0 Å². The predicted molar refractivity (Wildman–Crippen MR) is 47.5 cm³/mol. The van der Waals surface area contributed by atoms with Gasteiger partial charge in [0.15, 0.2) is 0 Å². The van der Waals surface area contributed by atoms with Gasteiger partial charge in [-0.05, 0) is 13.8 Å². The first kappa shape index (κ1) is 9.92. The van der Waals surface area contributed by atoms with Crippen LogP contribution in [0.3, 0.4) is 0 Å². The Balaban J connectivity index is 2.98. The molecule has 0 aromatic heterocycles. The molecule has 2 atom stereocenters. The minimum Gasteiger partial charge on any atom is -0.315 e. The third-order valence-electron chi connectivity index (χ3n) is 3.61. The summed E-state index contributed by atoms with van der Waals surface area (Å²) in [5, 5.41) is 11.0. The van der Waals surface area contributed by atoms with Gasteiger partial charge >= 0.3 is 0 Å². The van der Waals surface area contributed by atoms with Crippen LogP contribution in [0.1, 0.15) is 27.7 Å². The third-order valence-corrected chi connectivity index (χ3v) is 3.61. The highest BCUT2D eigenvalue weighted by atomic mass is 16.5. The fraction of sp³-hybridized carbons (Fsp3) is 1.00. The van der Waals surface area contributed by atoms with E-state index >= 15 is 0 Å². The van der Waals surface area contributed by atoms with Gasteiger partial charge in [-0.25, -0.2) is 5.01 Å². The summed E-state index contributed by atoms with van der Waals surface area (Å²) in [7, 11) is 1.93. The molecule has 0 radical (unpaired) electrons. The second-order valence-corrected chi connectivity index (χ2v) is 4.32. The molecule has 1 aliphatic rings. The molecule has 0 bridgehead atoms. The number of nitrogens with one attached hydrogen (secondary N) is 2. The lowest BCUT2D eigenvalue weighted by molar-refractivity contribution is -0.0654. The summed E-state index contributed by atoms with van der Waals surface area (Å²) in [5.74, 6) is 0. The normalized spacial score (nSPS) is 42.0. The summed E-state index contributed by atoms with van der Waals surface area (Å²) in [4.78, 5) is 0. The molecule has 0 aliphatic carbocycles. The Labute approximate surface area is 73.9 Å². The molecule has 1 aliphatic heterocycles. The predicted octanol–water partition coefficient (Wildman–Crippen LogP) is 0.546. The van der Waals surface area contributed by atoms with Crippen molar-refractivity contribution >= 4 is 0 Å². The second-order valence-electron chi connectivity index (χ2n) is 4.32. The Hall–Kier alpha value is -0.160. The first-order chi connectivity index (χ1) is 5.36. The average molecular weight is 173 g/mol. The highest BCUT2D eigenvalue weighted by Gasteiger charge is 2.53. The molecule has 4 heteroatoms. The molecule has 1 fully saturated rings. The van der Waals surface area contributed by atoms with Crippen molar-refractivity contribution < 1.29 is 5.21 Å². The highest BCUT2D eigenvalue weighted by Crippen LogP contribution is 2.40. The number of hydroxylamine groups is 1. The Kier molecular flexibility index (Phi) is 2.21. The van der Waals surface area contributed by atoms with Gasteiger partial charge in [-0.2, -0.15) is 5.48 Å². The quantitative estimate of drug-likeness (QED) is 0.507. The molecule has 0 aromatic carbocycles. The van der Waals surface area contributed by atoms with Crippen molar-refractivity contribution in [2.24, 2.45) is 5.41 Å². The monoisotopic (exact) mass is 173 g/mol. The molecule has 1 rings (SSSR count). The van der Waals surface area contributed by atoms with Crippen LogP contribution >= 0.6 is 0 Å². The Morgan fingerprint density at radius 1 is 1.42 bits per heavy atom. The van der Waals surface area contributed by atoms with E-state index in [0.29, 0.717) is 6.04 Å². The smallest absolute Gasteiger partial charge is 0.111 e. The Bertz CT molecular complexity index is 183. The number of hydrogen-bond donors (Lipinski definition) is 3. The maximum atomic E-state index is 9.12. The number of nitrogens with zero attached hydrogens (tertiary/aromatic N) is 1. The fourth-order valence-corrected chi connectivity index (χ4v) is 1.65. The maximum Gasteiger partial charge on any atom is 0.111 e. The van der Waals surface area contributed by atoms with Gasteiger partial charge in [0.1, 0.15) is 5.66 Å². The van der Waals surface area contributed by atoms with Crippen LogP contribution in [0.5, 0.6) is 0 Å². The zero-order chi connectivity index (χ0) is 9.57. The molecular weight excluding hydrogens is 154 g/mol. The third kappa shape index (κ3) is 0.992. The van der Waals surface area contributed by atoms with Gasteiger partial charge in [0.25, 0.3) is 0 Å². The van der Waals surface area contributed by atoms with Crippen LogP contribution in [0.15, 0.2) is 0 Å². The van der Waals surface area contributed by atoms with Crippen LogP contribution in [-0.4, -0.2) is 29.0 Å². The molecule has 72 valence electrons. The molecule has 0 spiro atoms. The van der Waals surface area contributed by atoms with Crippen LogP contribution < -0.4 is 10.9 Å². The van der Waals surface area contributed by atoms with Crippen molar-refractivity contribution in [3.8, 4) is 0 Å². The van der Waals surface area contributed by atoms with E-state index in [1.165, 1.54) is 0 Å². The first-order valence-electron chi connectivity index (χ1n) is 4.27. The van der Waals surface area contributed by atoms with Crippen LogP contribution in [-0.2, 0) is 0 Å². The molecule has 0 saturated carbocycles. The van der Waals surface area contributed by atoms with Crippen molar-refractivity contribution in [2.45, 2.75) is 39.4 Å². The molecule has 2 unspecified atom stereocenters. The summed E-state index contributed by atoms with van der Waals surface area (Å²) in [6.45, 7) is 8.33. The van der Waals surface area contributed by atoms with Gasteiger partial charge in [-0.15, -0.1) is 0 Å². The van der Waals surface area contributed by atoms with E-state index in [2.05, 4.69) is 31.7 Å². The molecule has 0 aromatic rings. The number of hydrogen-bond acceptors (Lipinski definition) is 4. The summed E-state index contributed by atoms with van der Waals surface area (Å²) in [5.41, 5.74) is 5.21. The summed E-state index contributed by atoms with van der Waals surface area (Å²) < 4.78 is 0. The standard InChI is InChI=1S/C8H19N3O/c1-6-7(2,3)8(4,10-12)11(5)9-6/h6,9-10,12H,1-5H3. The first-order valence-corrected chi connectivity index (χ1v) is 4.27. The van der Waals surface area contributed by atoms with E-state index in [1.54, 1.807) is 0 Å². The molecule has 12 heavy (non-hydrogen) atoms. The Morgan fingerprint density at radius 3 is 2.08 bits per heavy atom. The van der Waals surface area contributed by atoms with Crippen LogP contribution in [0, 0.1) is 5.41 Å². The van der Waals surface area contributed by atoms with Gasteiger partial charge < -0.3 is 5.21 Å². The summed E-state index contributed by atoms with van der Waals surface area (Å²) >= 11 is 0. The van der Waals surface area contributed by atoms with E-state index < -0.39 is 5.66 Å². The van der Waals surface area contributed by atoms with Gasteiger partial charge in [-0.3, -0.25) is 5.43 Å². The fourth-order valence-electron chi connectivity index (χ4n) is 1.65. The SMILES string of the molecule is CC1NN(C)C(C)(NO)C1(C)C. The minimum atomic E-state index is -0.410. The lowest BCUT2D eigenvalue weighted by Gasteiger charge is -2.40. The van der Waals surface area contributed by atoms with Crippen molar-refractivity contribution in [2.75, 3.05) is 7.05 Å². The number of rotatable bonds is 1. The van der Waals surface area contributed by atoms with Crippen molar-refractivity contribution in [3.05, 3.63) is 0 Å². The minimum absolute atomic E-state index is 0.0174. The van der Waals surface area contributed by atoms with Gasteiger partial charge in [0.05, 0.1) is 0 Å². The second kappa shape index (κ2) is 2.67. The topological polar surface area (TPSA) is 47.5 Å². The molecule has 1 saturated heterocycles. The molecule has 1 heterocycles. The van der Waals surface area contributed by atoms with Crippen LogP contribution in [0.2, 0.25) is 0 Å². The molecular formula is C8H19N3O. The van der Waals surface area contributed by atoms with Crippen molar-refractivity contribution in [1.82, 2.24) is 15.9 Å². The zero-order valence-electron chi connectivity index (χ0n) is 8.47. The maximum absolute atomic E-state index is 9.12.